The summed E-state index contributed by atoms with van der Waals surface area (Å²) in [6, 6.07) is 2.04. The highest BCUT2D eigenvalue weighted by molar-refractivity contribution is 7.99. The molecule has 0 spiro atoms. The second-order valence-corrected chi connectivity index (χ2v) is 6.84. The largest absolute Gasteiger partial charge is 0.479 e. The van der Waals surface area contributed by atoms with E-state index in [1.807, 2.05) is 11.8 Å². The van der Waals surface area contributed by atoms with Crippen LogP contribution in [0.3, 0.4) is 0 Å². The van der Waals surface area contributed by atoms with E-state index in [0.29, 0.717) is 11.4 Å². The summed E-state index contributed by atoms with van der Waals surface area (Å²) in [5, 5.41) is 16.2. The number of rotatable bonds is 6. The van der Waals surface area contributed by atoms with Gasteiger partial charge in [0, 0.05) is 42.6 Å². The number of aliphatic carboxylic acids is 1. The van der Waals surface area contributed by atoms with E-state index in [9.17, 15) is 14.7 Å². The third kappa shape index (κ3) is 5.22. The van der Waals surface area contributed by atoms with Crippen molar-refractivity contribution < 1.29 is 14.7 Å². The van der Waals surface area contributed by atoms with Crippen molar-refractivity contribution >= 4 is 35.1 Å². The molecule has 116 valence electrons. The fourth-order valence-electron chi connectivity index (χ4n) is 2.04. The predicted molar refractivity (Wildman–Crippen MR) is 85.0 cm³/mol. The van der Waals surface area contributed by atoms with Crippen LogP contribution in [0.25, 0.3) is 0 Å². The van der Waals surface area contributed by atoms with E-state index in [1.165, 1.54) is 11.3 Å². The Morgan fingerprint density at radius 2 is 2.14 bits per heavy atom. The molecule has 0 bridgehead atoms. The second kappa shape index (κ2) is 8.26. The van der Waals surface area contributed by atoms with Crippen molar-refractivity contribution in [2.45, 2.75) is 6.04 Å². The molecule has 2 amide bonds. The van der Waals surface area contributed by atoms with Gasteiger partial charge < -0.3 is 15.7 Å². The topological polar surface area (TPSA) is 81.7 Å². The molecule has 1 atom stereocenters. The lowest BCUT2D eigenvalue weighted by Crippen LogP contribution is -2.44. The number of hydrogen-bond donors (Lipinski definition) is 3. The quantitative estimate of drug-likeness (QED) is 0.731. The lowest BCUT2D eigenvalue weighted by Gasteiger charge is -2.26. The highest BCUT2D eigenvalue weighted by Crippen LogP contribution is 2.18. The summed E-state index contributed by atoms with van der Waals surface area (Å²) < 4.78 is 0. The number of nitrogens with zero attached hydrogens (tertiary/aromatic N) is 1. The SMILES string of the molecule is O=C(NCCN1CCSCC1)NC(C(=O)O)c1cccs1. The standard InChI is InChI=1S/C13H19N3O3S2/c17-12(18)11(10-2-1-7-21-10)15-13(19)14-3-4-16-5-8-20-9-6-16/h1-2,7,11H,3-6,8-9H2,(H,17,18)(H2,14,15,19). The molecule has 2 heterocycles. The van der Waals surface area contributed by atoms with E-state index < -0.39 is 18.0 Å². The number of carbonyl (C=O) groups is 2. The normalized spacial score (nSPS) is 17.1. The summed E-state index contributed by atoms with van der Waals surface area (Å²) in [5.41, 5.74) is 0. The van der Waals surface area contributed by atoms with Crippen molar-refractivity contribution in [1.29, 1.82) is 0 Å². The summed E-state index contributed by atoms with van der Waals surface area (Å²) in [7, 11) is 0. The van der Waals surface area contributed by atoms with Crippen LogP contribution < -0.4 is 10.6 Å². The van der Waals surface area contributed by atoms with Crippen LogP contribution in [0, 0.1) is 0 Å². The zero-order valence-corrected chi connectivity index (χ0v) is 13.2. The van der Waals surface area contributed by atoms with Crippen molar-refractivity contribution in [3.8, 4) is 0 Å². The van der Waals surface area contributed by atoms with E-state index in [2.05, 4.69) is 15.5 Å². The van der Waals surface area contributed by atoms with Crippen LogP contribution in [0.1, 0.15) is 10.9 Å². The molecular weight excluding hydrogens is 310 g/mol. The predicted octanol–water partition coefficient (Wildman–Crippen LogP) is 1.22. The van der Waals surface area contributed by atoms with Crippen molar-refractivity contribution in [3.05, 3.63) is 22.4 Å². The highest BCUT2D eigenvalue weighted by atomic mass is 32.2. The third-order valence-corrected chi connectivity index (χ3v) is 5.05. The van der Waals surface area contributed by atoms with Gasteiger partial charge in [-0.3, -0.25) is 4.90 Å². The van der Waals surface area contributed by atoms with Crippen LogP contribution in [-0.4, -0.2) is 59.7 Å². The minimum absolute atomic E-state index is 0.442. The summed E-state index contributed by atoms with van der Waals surface area (Å²) in [4.78, 5) is 25.9. The van der Waals surface area contributed by atoms with Crippen LogP contribution >= 0.6 is 23.1 Å². The fourth-order valence-corrected chi connectivity index (χ4v) is 3.79. The minimum atomic E-state index is -1.05. The second-order valence-electron chi connectivity index (χ2n) is 4.64. The third-order valence-electron chi connectivity index (χ3n) is 3.17. The Bertz CT molecular complexity index is 461. The maximum atomic E-state index is 11.8. The molecule has 21 heavy (non-hydrogen) atoms. The molecular formula is C13H19N3O3S2. The minimum Gasteiger partial charge on any atom is -0.479 e. The summed E-state index contributed by atoms with van der Waals surface area (Å²) in [6.45, 7) is 3.40. The van der Waals surface area contributed by atoms with Crippen LogP contribution in [0.2, 0.25) is 0 Å². The molecule has 1 saturated heterocycles. The number of carboxylic acids is 1. The molecule has 1 aliphatic rings. The molecule has 1 aromatic rings. The Balaban J connectivity index is 1.73. The van der Waals surface area contributed by atoms with Gasteiger partial charge in [0.25, 0.3) is 0 Å². The molecule has 1 aliphatic heterocycles. The van der Waals surface area contributed by atoms with E-state index in [4.69, 9.17) is 0 Å². The molecule has 3 N–H and O–H groups in total. The van der Waals surface area contributed by atoms with Crippen LogP contribution in [0.15, 0.2) is 17.5 Å². The molecule has 2 rings (SSSR count). The van der Waals surface area contributed by atoms with Gasteiger partial charge in [0.1, 0.15) is 0 Å². The van der Waals surface area contributed by atoms with E-state index in [-0.39, 0.29) is 0 Å². The van der Waals surface area contributed by atoms with Gasteiger partial charge in [-0.2, -0.15) is 11.8 Å². The number of thiophene rings is 1. The Morgan fingerprint density at radius 3 is 2.76 bits per heavy atom. The van der Waals surface area contributed by atoms with Crippen molar-refractivity contribution in [3.63, 3.8) is 0 Å². The van der Waals surface area contributed by atoms with Gasteiger partial charge in [0.15, 0.2) is 6.04 Å². The average Bonchev–Trinajstić information content (AvgIpc) is 2.99. The van der Waals surface area contributed by atoms with Crippen molar-refractivity contribution in [2.24, 2.45) is 0 Å². The van der Waals surface area contributed by atoms with Gasteiger partial charge in [0.2, 0.25) is 0 Å². The van der Waals surface area contributed by atoms with Gasteiger partial charge in [-0.1, -0.05) is 6.07 Å². The first kappa shape index (κ1) is 16.1. The van der Waals surface area contributed by atoms with Gasteiger partial charge in [-0.25, -0.2) is 9.59 Å². The molecule has 0 radical (unpaired) electrons. The van der Waals surface area contributed by atoms with Crippen LogP contribution in [0.5, 0.6) is 0 Å². The van der Waals surface area contributed by atoms with E-state index >= 15 is 0 Å². The maximum Gasteiger partial charge on any atom is 0.331 e. The number of amides is 2. The Labute approximate surface area is 131 Å². The smallest absolute Gasteiger partial charge is 0.331 e. The van der Waals surface area contributed by atoms with Crippen LogP contribution in [-0.2, 0) is 4.79 Å². The molecule has 0 aliphatic carbocycles. The summed E-state index contributed by atoms with van der Waals surface area (Å²) in [5.74, 6) is 1.21. The molecule has 6 nitrogen and oxygen atoms in total. The van der Waals surface area contributed by atoms with Gasteiger partial charge in [0.05, 0.1) is 0 Å². The fraction of sp³-hybridized carbons (Fsp3) is 0.538. The number of carbonyl (C=O) groups excluding carboxylic acids is 1. The molecule has 0 aromatic carbocycles. The number of thioether (sulfide) groups is 1. The first-order valence-corrected chi connectivity index (χ1v) is 8.81. The van der Waals surface area contributed by atoms with Gasteiger partial charge in [-0.15, -0.1) is 11.3 Å². The van der Waals surface area contributed by atoms with Crippen LogP contribution in [0.4, 0.5) is 4.79 Å². The molecule has 1 fully saturated rings. The highest BCUT2D eigenvalue weighted by Gasteiger charge is 2.22. The number of hydrogen-bond acceptors (Lipinski definition) is 5. The van der Waals surface area contributed by atoms with E-state index in [1.54, 1.807) is 17.5 Å². The molecule has 1 aromatic heterocycles. The van der Waals surface area contributed by atoms with Crippen molar-refractivity contribution in [1.82, 2.24) is 15.5 Å². The number of nitrogens with one attached hydrogen (secondary N) is 2. The van der Waals surface area contributed by atoms with E-state index in [0.717, 1.165) is 31.1 Å². The average molecular weight is 329 g/mol. The lowest BCUT2D eigenvalue weighted by atomic mass is 10.2. The summed E-state index contributed by atoms with van der Waals surface area (Å²) in [6.07, 6.45) is 0. The van der Waals surface area contributed by atoms with Gasteiger partial charge in [-0.05, 0) is 11.4 Å². The molecule has 0 saturated carbocycles. The Morgan fingerprint density at radius 1 is 1.38 bits per heavy atom. The maximum absolute atomic E-state index is 11.8. The number of carboxylic acid groups (broad SMARTS) is 1. The zero-order chi connectivity index (χ0) is 15.1. The van der Waals surface area contributed by atoms with Gasteiger partial charge >= 0.3 is 12.0 Å². The monoisotopic (exact) mass is 329 g/mol. The number of urea groups is 1. The first-order chi connectivity index (χ1) is 10.2. The lowest BCUT2D eigenvalue weighted by molar-refractivity contribution is -0.139. The zero-order valence-electron chi connectivity index (χ0n) is 11.6. The molecule has 1 unspecified atom stereocenters. The Kier molecular flexibility index (Phi) is 6.34. The van der Waals surface area contributed by atoms with Crippen molar-refractivity contribution in [2.75, 3.05) is 37.7 Å². The summed E-state index contributed by atoms with van der Waals surface area (Å²) >= 11 is 3.26. The molecule has 8 heteroatoms. The Hall–Kier alpha value is -1.25. The first-order valence-electron chi connectivity index (χ1n) is 6.77.